The number of hydrogen-bond acceptors (Lipinski definition) is 2. The average molecular weight is 131 g/mol. The van der Waals surface area contributed by atoms with E-state index in [1.165, 1.54) is 11.5 Å². The maximum atomic E-state index is 3.46. The van der Waals surface area contributed by atoms with Gasteiger partial charge in [-0.25, -0.2) is 0 Å². The van der Waals surface area contributed by atoms with E-state index < -0.39 is 0 Å². The summed E-state index contributed by atoms with van der Waals surface area (Å²) in [5.41, 5.74) is 0. The third-order valence-corrected chi connectivity index (χ3v) is 2.78. The molecule has 0 aromatic heterocycles. The Bertz CT molecular complexity index is 66.9. The van der Waals surface area contributed by atoms with Crippen molar-refractivity contribution in [1.82, 2.24) is 5.32 Å². The van der Waals surface area contributed by atoms with Gasteiger partial charge in [0.15, 0.2) is 0 Å². The van der Waals surface area contributed by atoms with Gasteiger partial charge in [0.25, 0.3) is 0 Å². The lowest BCUT2D eigenvalue weighted by Gasteiger charge is -2.24. The maximum Gasteiger partial charge on any atom is 0.0132 e. The molecule has 1 N–H and O–H groups in total. The summed E-state index contributed by atoms with van der Waals surface area (Å²) in [4.78, 5) is 0. The maximum absolute atomic E-state index is 3.46. The predicted molar refractivity (Wildman–Crippen MR) is 39.4 cm³/mol. The minimum Gasteiger partial charge on any atom is -0.310 e. The number of nitrogens with one attached hydrogen (secondary N) is 1. The summed E-state index contributed by atoms with van der Waals surface area (Å²) >= 11 is 2.05. The first-order valence-corrected chi connectivity index (χ1v) is 4.28. The highest BCUT2D eigenvalue weighted by Gasteiger charge is 2.12. The van der Waals surface area contributed by atoms with E-state index in [0.29, 0.717) is 0 Å². The van der Waals surface area contributed by atoms with Crippen LogP contribution in [0.4, 0.5) is 0 Å². The lowest BCUT2D eigenvalue weighted by Crippen LogP contribution is -2.41. The molecule has 0 spiro atoms. The van der Waals surface area contributed by atoms with Crippen molar-refractivity contribution in [2.24, 2.45) is 0 Å². The Morgan fingerprint density at radius 1 is 1.25 bits per heavy atom. The van der Waals surface area contributed by atoms with Gasteiger partial charge < -0.3 is 5.32 Å². The van der Waals surface area contributed by atoms with Crippen molar-refractivity contribution in [2.45, 2.75) is 25.9 Å². The molecule has 0 bridgehead atoms. The number of rotatable bonds is 0. The summed E-state index contributed by atoms with van der Waals surface area (Å²) < 4.78 is 0. The monoisotopic (exact) mass is 131 g/mol. The fourth-order valence-corrected chi connectivity index (χ4v) is 2.04. The van der Waals surface area contributed by atoms with Gasteiger partial charge in [-0.05, 0) is 13.8 Å². The molecular weight excluding hydrogens is 118 g/mol. The van der Waals surface area contributed by atoms with Crippen LogP contribution in [0.25, 0.3) is 0 Å². The lowest BCUT2D eigenvalue weighted by atomic mass is 10.3. The van der Waals surface area contributed by atoms with Crippen LogP contribution in [0.15, 0.2) is 0 Å². The van der Waals surface area contributed by atoms with Crippen molar-refractivity contribution in [2.75, 3.05) is 11.5 Å². The average Bonchev–Trinajstić information content (AvgIpc) is 1.64. The summed E-state index contributed by atoms with van der Waals surface area (Å²) in [5, 5.41) is 3.46. The largest absolute Gasteiger partial charge is 0.310 e. The predicted octanol–water partition coefficient (Wildman–Crippen LogP) is 1.10. The Kier molecular flexibility index (Phi) is 2.20. The van der Waals surface area contributed by atoms with Gasteiger partial charge in [0.2, 0.25) is 0 Å². The quantitative estimate of drug-likeness (QED) is 0.528. The van der Waals surface area contributed by atoms with Crippen LogP contribution in [-0.4, -0.2) is 23.6 Å². The van der Waals surface area contributed by atoms with Crippen LogP contribution < -0.4 is 5.32 Å². The van der Waals surface area contributed by atoms with Crippen molar-refractivity contribution < 1.29 is 0 Å². The van der Waals surface area contributed by atoms with Crippen molar-refractivity contribution >= 4 is 11.8 Å². The van der Waals surface area contributed by atoms with Gasteiger partial charge in [0.1, 0.15) is 0 Å². The molecule has 0 aromatic rings. The first-order chi connectivity index (χ1) is 3.79. The summed E-state index contributed by atoms with van der Waals surface area (Å²) in [6.07, 6.45) is 0. The first kappa shape index (κ1) is 6.43. The summed E-state index contributed by atoms with van der Waals surface area (Å²) in [6.45, 7) is 4.48. The van der Waals surface area contributed by atoms with E-state index in [4.69, 9.17) is 0 Å². The molecule has 1 aliphatic heterocycles. The third-order valence-electron chi connectivity index (χ3n) is 1.30. The molecule has 0 saturated carbocycles. The molecule has 1 nitrogen and oxygen atoms in total. The van der Waals surface area contributed by atoms with Crippen molar-refractivity contribution in [1.29, 1.82) is 0 Å². The van der Waals surface area contributed by atoms with E-state index >= 15 is 0 Å². The summed E-state index contributed by atoms with van der Waals surface area (Å²) in [6, 6.07) is 1.45. The molecule has 1 heterocycles. The smallest absolute Gasteiger partial charge is 0.0132 e. The van der Waals surface area contributed by atoms with Gasteiger partial charge in [-0.2, -0.15) is 11.8 Å². The van der Waals surface area contributed by atoms with Crippen LogP contribution in [0.3, 0.4) is 0 Å². The Labute approximate surface area is 55.2 Å². The molecule has 0 unspecified atom stereocenters. The standard InChI is InChI=1S/C6H13NS/c1-5-3-8-4-6(2)7-5/h5-7H,3-4H2,1-2H3/t5-,6-/m0/s1. The topological polar surface area (TPSA) is 12.0 Å². The van der Waals surface area contributed by atoms with Gasteiger partial charge in [0.05, 0.1) is 0 Å². The molecule has 2 heteroatoms. The van der Waals surface area contributed by atoms with Gasteiger partial charge in [-0.15, -0.1) is 0 Å². The fourth-order valence-electron chi connectivity index (χ4n) is 1.00. The van der Waals surface area contributed by atoms with Gasteiger partial charge in [0, 0.05) is 23.6 Å². The second kappa shape index (κ2) is 2.74. The van der Waals surface area contributed by atoms with E-state index in [2.05, 4.69) is 19.2 Å². The molecular formula is C6H13NS. The van der Waals surface area contributed by atoms with Crippen LogP contribution >= 0.6 is 11.8 Å². The molecule has 0 aromatic carbocycles. The van der Waals surface area contributed by atoms with Crippen LogP contribution in [-0.2, 0) is 0 Å². The lowest BCUT2D eigenvalue weighted by molar-refractivity contribution is 0.514. The van der Waals surface area contributed by atoms with E-state index in [1.54, 1.807) is 0 Å². The second-order valence-electron chi connectivity index (χ2n) is 2.51. The number of hydrogen-bond donors (Lipinski definition) is 1. The van der Waals surface area contributed by atoms with Crippen molar-refractivity contribution in [3.63, 3.8) is 0 Å². The number of thioether (sulfide) groups is 1. The highest BCUT2D eigenvalue weighted by Crippen LogP contribution is 2.10. The van der Waals surface area contributed by atoms with E-state index in [9.17, 15) is 0 Å². The van der Waals surface area contributed by atoms with Gasteiger partial charge in [-0.1, -0.05) is 0 Å². The van der Waals surface area contributed by atoms with Gasteiger partial charge in [-0.3, -0.25) is 0 Å². The molecule has 48 valence electrons. The first-order valence-electron chi connectivity index (χ1n) is 3.13. The molecule has 1 fully saturated rings. The molecule has 8 heavy (non-hydrogen) atoms. The second-order valence-corrected chi connectivity index (χ2v) is 3.58. The van der Waals surface area contributed by atoms with Crippen LogP contribution in [0, 0.1) is 0 Å². The Morgan fingerprint density at radius 2 is 1.75 bits per heavy atom. The highest BCUT2D eigenvalue weighted by atomic mass is 32.2. The molecule has 0 radical (unpaired) electrons. The molecule has 0 aliphatic carbocycles. The molecule has 1 saturated heterocycles. The molecule has 2 atom stereocenters. The van der Waals surface area contributed by atoms with Crippen LogP contribution in [0.2, 0.25) is 0 Å². The molecule has 1 aliphatic rings. The van der Waals surface area contributed by atoms with E-state index in [1.807, 2.05) is 11.8 Å². The fraction of sp³-hybridized carbons (Fsp3) is 1.00. The van der Waals surface area contributed by atoms with Crippen molar-refractivity contribution in [3.8, 4) is 0 Å². The Morgan fingerprint density at radius 3 is 2.00 bits per heavy atom. The van der Waals surface area contributed by atoms with E-state index in [-0.39, 0.29) is 0 Å². The van der Waals surface area contributed by atoms with Gasteiger partial charge >= 0.3 is 0 Å². The molecule has 1 rings (SSSR count). The normalized spacial score (nSPS) is 39.8. The Balaban J connectivity index is 2.23. The zero-order valence-corrected chi connectivity index (χ0v) is 6.29. The minimum absolute atomic E-state index is 0.726. The van der Waals surface area contributed by atoms with Crippen molar-refractivity contribution in [3.05, 3.63) is 0 Å². The minimum atomic E-state index is 0.726. The van der Waals surface area contributed by atoms with Crippen LogP contribution in [0.5, 0.6) is 0 Å². The zero-order valence-electron chi connectivity index (χ0n) is 5.48. The third kappa shape index (κ3) is 1.67. The Hall–Kier alpha value is 0.310. The SMILES string of the molecule is C[C@H]1CSC[C@H](C)N1. The summed E-state index contributed by atoms with van der Waals surface area (Å²) in [5.74, 6) is 2.56. The van der Waals surface area contributed by atoms with Crippen LogP contribution in [0.1, 0.15) is 13.8 Å². The van der Waals surface area contributed by atoms with E-state index in [0.717, 1.165) is 12.1 Å². The molecule has 0 amide bonds. The zero-order chi connectivity index (χ0) is 5.98. The summed E-state index contributed by atoms with van der Waals surface area (Å²) in [7, 11) is 0. The highest BCUT2D eigenvalue weighted by molar-refractivity contribution is 7.99.